The summed E-state index contributed by atoms with van der Waals surface area (Å²) >= 11 is 1.70. The Morgan fingerprint density at radius 1 is 1.19 bits per heavy atom. The fourth-order valence-corrected chi connectivity index (χ4v) is 2.48. The number of nitrogens with one attached hydrogen (secondary N) is 1. The molecule has 4 heteroatoms. The summed E-state index contributed by atoms with van der Waals surface area (Å²) in [6.45, 7) is 3.88. The molecule has 0 bridgehead atoms. The molecule has 1 amide bonds. The molecule has 0 aliphatic carbocycles. The third kappa shape index (κ3) is 3.79. The van der Waals surface area contributed by atoms with Crippen LogP contribution in [-0.2, 0) is 0 Å². The van der Waals surface area contributed by atoms with Gasteiger partial charge in [0.25, 0.3) is 5.91 Å². The molecule has 0 saturated heterocycles. The summed E-state index contributed by atoms with van der Waals surface area (Å²) in [5.41, 5.74) is 9.12. The quantitative estimate of drug-likeness (QED) is 0.667. The first-order chi connectivity index (χ1) is 10.0. The molecule has 3 N–H and O–H groups in total. The lowest BCUT2D eigenvalue weighted by atomic mass is 10.1. The second kappa shape index (κ2) is 6.68. The van der Waals surface area contributed by atoms with Crippen LogP contribution in [0.3, 0.4) is 0 Å². The van der Waals surface area contributed by atoms with Gasteiger partial charge in [0.05, 0.1) is 6.04 Å². The number of nitrogen functional groups attached to an aromatic ring is 1. The zero-order valence-electron chi connectivity index (χ0n) is 12.5. The predicted molar refractivity (Wildman–Crippen MR) is 89.7 cm³/mol. The fourth-order valence-electron chi connectivity index (χ4n) is 2.07. The third-order valence-corrected chi connectivity index (χ3v) is 4.24. The number of aryl methyl sites for hydroxylation is 1. The maximum Gasteiger partial charge on any atom is 0.251 e. The van der Waals surface area contributed by atoms with Crippen LogP contribution in [0.1, 0.15) is 34.5 Å². The van der Waals surface area contributed by atoms with Gasteiger partial charge in [0.1, 0.15) is 0 Å². The molecule has 0 saturated carbocycles. The SMILES string of the molecule is CSc1ccc(C(C)NC(=O)c2ccc(N)c(C)c2)cc1. The number of thioether (sulfide) groups is 1. The first kappa shape index (κ1) is 15.4. The second-order valence-corrected chi connectivity index (χ2v) is 5.92. The van der Waals surface area contributed by atoms with E-state index in [0.29, 0.717) is 11.3 Å². The fraction of sp³-hybridized carbons (Fsp3) is 0.235. The topological polar surface area (TPSA) is 55.1 Å². The maximum absolute atomic E-state index is 12.3. The molecule has 2 aromatic carbocycles. The Bertz CT molecular complexity index is 638. The summed E-state index contributed by atoms with van der Waals surface area (Å²) in [6.07, 6.45) is 2.05. The van der Waals surface area contributed by atoms with Crippen LogP contribution < -0.4 is 11.1 Å². The van der Waals surface area contributed by atoms with Gasteiger partial charge < -0.3 is 11.1 Å². The standard InChI is InChI=1S/C17H20N2OS/c1-11-10-14(6-9-16(11)18)17(20)19-12(2)13-4-7-15(21-3)8-5-13/h4-10,12H,18H2,1-3H3,(H,19,20). The van der Waals surface area contributed by atoms with E-state index < -0.39 is 0 Å². The Kier molecular flexibility index (Phi) is 4.91. The minimum absolute atomic E-state index is 0.0359. The molecule has 3 nitrogen and oxygen atoms in total. The van der Waals surface area contributed by atoms with Crippen LogP contribution in [-0.4, -0.2) is 12.2 Å². The number of anilines is 1. The Balaban J connectivity index is 2.08. The lowest BCUT2D eigenvalue weighted by Crippen LogP contribution is -2.26. The van der Waals surface area contributed by atoms with Gasteiger partial charge in [-0.25, -0.2) is 0 Å². The van der Waals surface area contributed by atoms with Gasteiger partial charge in [0, 0.05) is 16.1 Å². The molecule has 0 radical (unpaired) electrons. The van der Waals surface area contributed by atoms with Crippen molar-refractivity contribution in [2.24, 2.45) is 0 Å². The van der Waals surface area contributed by atoms with Crippen molar-refractivity contribution >= 4 is 23.4 Å². The van der Waals surface area contributed by atoms with Gasteiger partial charge in [-0.05, 0) is 61.6 Å². The number of carbonyl (C=O) groups is 1. The van der Waals surface area contributed by atoms with Crippen LogP contribution in [0.25, 0.3) is 0 Å². The molecular formula is C17H20N2OS. The first-order valence-corrected chi connectivity index (χ1v) is 8.04. The number of nitrogens with two attached hydrogens (primary N) is 1. The molecule has 0 heterocycles. The highest BCUT2D eigenvalue weighted by Gasteiger charge is 2.12. The van der Waals surface area contributed by atoms with Crippen LogP contribution in [0.2, 0.25) is 0 Å². The van der Waals surface area contributed by atoms with Gasteiger partial charge in [0.15, 0.2) is 0 Å². The number of amides is 1. The summed E-state index contributed by atoms with van der Waals surface area (Å²) in [4.78, 5) is 13.5. The van der Waals surface area contributed by atoms with E-state index in [1.807, 2.05) is 38.3 Å². The van der Waals surface area contributed by atoms with E-state index in [9.17, 15) is 4.79 Å². The van der Waals surface area contributed by atoms with Crippen LogP contribution in [0.15, 0.2) is 47.4 Å². The molecule has 0 spiro atoms. The first-order valence-electron chi connectivity index (χ1n) is 6.82. The van der Waals surface area contributed by atoms with Crippen molar-refractivity contribution < 1.29 is 4.79 Å². The summed E-state index contributed by atoms with van der Waals surface area (Å²) in [5.74, 6) is -0.0838. The molecule has 21 heavy (non-hydrogen) atoms. The van der Waals surface area contributed by atoms with Crippen molar-refractivity contribution in [3.05, 3.63) is 59.2 Å². The molecule has 0 fully saturated rings. The number of benzene rings is 2. The average Bonchev–Trinajstić information content (AvgIpc) is 2.50. The molecule has 2 aromatic rings. The van der Waals surface area contributed by atoms with Crippen LogP contribution in [0.5, 0.6) is 0 Å². The molecule has 2 rings (SSSR count). The second-order valence-electron chi connectivity index (χ2n) is 5.04. The largest absolute Gasteiger partial charge is 0.399 e. The van der Waals surface area contributed by atoms with E-state index in [2.05, 4.69) is 17.4 Å². The number of hydrogen-bond donors (Lipinski definition) is 2. The highest BCUT2D eigenvalue weighted by molar-refractivity contribution is 7.98. The minimum atomic E-state index is -0.0838. The van der Waals surface area contributed by atoms with Gasteiger partial charge in [-0.15, -0.1) is 11.8 Å². The highest BCUT2D eigenvalue weighted by atomic mass is 32.2. The monoisotopic (exact) mass is 300 g/mol. The van der Waals surface area contributed by atoms with E-state index in [4.69, 9.17) is 5.73 Å². The van der Waals surface area contributed by atoms with Crippen molar-refractivity contribution in [3.63, 3.8) is 0 Å². The number of carbonyl (C=O) groups excluding carboxylic acids is 1. The molecule has 1 atom stereocenters. The van der Waals surface area contributed by atoms with Crippen molar-refractivity contribution in [1.82, 2.24) is 5.32 Å². The molecule has 0 aliphatic rings. The van der Waals surface area contributed by atoms with Crippen molar-refractivity contribution in [3.8, 4) is 0 Å². The Hall–Kier alpha value is -1.94. The lowest BCUT2D eigenvalue weighted by Gasteiger charge is -2.15. The molecule has 110 valence electrons. The van der Waals surface area contributed by atoms with Crippen LogP contribution in [0.4, 0.5) is 5.69 Å². The van der Waals surface area contributed by atoms with Gasteiger partial charge in [-0.2, -0.15) is 0 Å². The summed E-state index contributed by atoms with van der Waals surface area (Å²) in [7, 11) is 0. The van der Waals surface area contributed by atoms with E-state index in [1.54, 1.807) is 23.9 Å². The Labute approximate surface area is 129 Å². The van der Waals surface area contributed by atoms with Crippen molar-refractivity contribution in [2.75, 3.05) is 12.0 Å². The van der Waals surface area contributed by atoms with Gasteiger partial charge in [0.2, 0.25) is 0 Å². The predicted octanol–water partition coefficient (Wildman–Crippen LogP) is 3.79. The van der Waals surface area contributed by atoms with E-state index in [-0.39, 0.29) is 11.9 Å². The van der Waals surface area contributed by atoms with Crippen LogP contribution in [0, 0.1) is 6.92 Å². The Morgan fingerprint density at radius 2 is 1.86 bits per heavy atom. The van der Waals surface area contributed by atoms with Crippen molar-refractivity contribution in [2.45, 2.75) is 24.8 Å². The van der Waals surface area contributed by atoms with E-state index >= 15 is 0 Å². The Morgan fingerprint density at radius 3 is 2.43 bits per heavy atom. The number of rotatable bonds is 4. The zero-order chi connectivity index (χ0) is 15.4. The minimum Gasteiger partial charge on any atom is -0.399 e. The van der Waals surface area contributed by atoms with Crippen LogP contribution >= 0.6 is 11.8 Å². The average molecular weight is 300 g/mol. The third-order valence-electron chi connectivity index (χ3n) is 3.50. The van der Waals surface area contributed by atoms with E-state index in [1.165, 1.54) is 4.90 Å². The van der Waals surface area contributed by atoms with Crippen molar-refractivity contribution in [1.29, 1.82) is 0 Å². The molecular weight excluding hydrogens is 280 g/mol. The number of hydrogen-bond acceptors (Lipinski definition) is 3. The van der Waals surface area contributed by atoms with Gasteiger partial charge in [-0.3, -0.25) is 4.79 Å². The van der Waals surface area contributed by atoms with Gasteiger partial charge in [-0.1, -0.05) is 12.1 Å². The smallest absolute Gasteiger partial charge is 0.251 e. The molecule has 0 aromatic heterocycles. The van der Waals surface area contributed by atoms with Gasteiger partial charge >= 0.3 is 0 Å². The normalized spacial score (nSPS) is 12.0. The summed E-state index contributed by atoms with van der Waals surface area (Å²) < 4.78 is 0. The summed E-state index contributed by atoms with van der Waals surface area (Å²) in [5, 5.41) is 3.01. The molecule has 0 aliphatic heterocycles. The lowest BCUT2D eigenvalue weighted by molar-refractivity contribution is 0.0940. The van der Waals surface area contributed by atoms with E-state index in [0.717, 1.165) is 11.1 Å². The zero-order valence-corrected chi connectivity index (χ0v) is 13.3. The molecule has 1 unspecified atom stereocenters. The maximum atomic E-state index is 12.3. The summed E-state index contributed by atoms with van der Waals surface area (Å²) in [6, 6.07) is 13.5. The highest BCUT2D eigenvalue weighted by Crippen LogP contribution is 2.19.